The number of hydrogen-bond acceptors (Lipinski definition) is 2. The Morgan fingerprint density at radius 2 is 2.29 bits per heavy atom. The van der Waals surface area contributed by atoms with Crippen molar-refractivity contribution in [2.75, 3.05) is 11.9 Å². The fourth-order valence-corrected chi connectivity index (χ4v) is 1.64. The van der Waals surface area contributed by atoms with Gasteiger partial charge in [0, 0.05) is 35.4 Å². The van der Waals surface area contributed by atoms with Crippen LogP contribution in [0.25, 0.3) is 10.8 Å². The summed E-state index contributed by atoms with van der Waals surface area (Å²) in [6.07, 6.45) is 4.59. The number of anilines is 1. The van der Waals surface area contributed by atoms with Crippen molar-refractivity contribution in [1.82, 2.24) is 4.98 Å². The Morgan fingerprint density at radius 1 is 1.41 bits per heavy atom. The number of aliphatic imine (C=N–C) groups is 1. The first-order chi connectivity index (χ1) is 8.31. The van der Waals surface area contributed by atoms with Crippen LogP contribution in [0.4, 0.5) is 5.69 Å². The molecule has 1 heterocycles. The average Bonchev–Trinajstić information content (AvgIpc) is 2.37. The Balaban J connectivity index is 2.30. The maximum Gasteiger partial charge on any atom is 0.193 e. The fraction of sp³-hybridized carbons (Fsp3) is 0.231. The molecule has 0 fully saturated rings. The molecule has 0 amide bonds. The molecule has 0 unspecified atom stereocenters. The second-order valence-electron chi connectivity index (χ2n) is 3.79. The van der Waals surface area contributed by atoms with Gasteiger partial charge in [-0.2, -0.15) is 0 Å². The molecular formula is C13H16N4. The number of pyridine rings is 1. The summed E-state index contributed by atoms with van der Waals surface area (Å²) in [7, 11) is 0. The van der Waals surface area contributed by atoms with E-state index in [0.29, 0.717) is 5.96 Å². The molecule has 0 aliphatic rings. The second-order valence-corrected chi connectivity index (χ2v) is 3.79. The van der Waals surface area contributed by atoms with Crippen LogP contribution in [0.3, 0.4) is 0 Å². The van der Waals surface area contributed by atoms with Gasteiger partial charge < -0.3 is 11.1 Å². The monoisotopic (exact) mass is 228 g/mol. The van der Waals surface area contributed by atoms with E-state index in [9.17, 15) is 0 Å². The second kappa shape index (κ2) is 5.30. The van der Waals surface area contributed by atoms with Crippen molar-refractivity contribution >= 4 is 22.4 Å². The maximum atomic E-state index is 5.81. The van der Waals surface area contributed by atoms with E-state index in [1.165, 1.54) is 0 Å². The first-order valence-electron chi connectivity index (χ1n) is 5.71. The molecule has 0 radical (unpaired) electrons. The number of nitrogens with zero attached hydrogens (tertiary/aromatic N) is 2. The van der Waals surface area contributed by atoms with E-state index in [1.807, 2.05) is 30.5 Å². The van der Waals surface area contributed by atoms with Crippen LogP contribution < -0.4 is 11.1 Å². The van der Waals surface area contributed by atoms with Gasteiger partial charge in [-0.1, -0.05) is 19.1 Å². The van der Waals surface area contributed by atoms with Crippen LogP contribution in [0.2, 0.25) is 0 Å². The Labute approximate surface area is 101 Å². The highest BCUT2D eigenvalue weighted by molar-refractivity contribution is 6.02. The van der Waals surface area contributed by atoms with E-state index in [-0.39, 0.29) is 0 Å². The zero-order valence-corrected chi connectivity index (χ0v) is 9.85. The summed E-state index contributed by atoms with van der Waals surface area (Å²) in [5.74, 6) is 0.455. The van der Waals surface area contributed by atoms with Crippen LogP contribution in [0, 0.1) is 0 Å². The lowest BCUT2D eigenvalue weighted by atomic mass is 10.1. The minimum absolute atomic E-state index is 0.455. The quantitative estimate of drug-likeness (QED) is 0.626. The summed E-state index contributed by atoms with van der Waals surface area (Å²) in [5, 5.41) is 5.30. The van der Waals surface area contributed by atoms with Crippen molar-refractivity contribution < 1.29 is 0 Å². The summed E-state index contributed by atoms with van der Waals surface area (Å²) in [5.41, 5.74) is 6.77. The standard InChI is InChI=1S/C13H16N4/c1-2-7-16-13(14)17-12-5-3-4-10-9-15-8-6-11(10)12/h3-6,8-9H,2,7H2,1H3,(H3,14,16,17). The van der Waals surface area contributed by atoms with E-state index >= 15 is 0 Å². The molecule has 2 rings (SSSR count). The molecule has 0 aliphatic carbocycles. The third kappa shape index (κ3) is 2.72. The lowest BCUT2D eigenvalue weighted by Crippen LogP contribution is -2.22. The summed E-state index contributed by atoms with van der Waals surface area (Å²) >= 11 is 0. The first kappa shape index (κ1) is 11.4. The van der Waals surface area contributed by atoms with Crippen LogP contribution in [0.5, 0.6) is 0 Å². The molecule has 0 saturated heterocycles. The zero-order chi connectivity index (χ0) is 12.1. The summed E-state index contributed by atoms with van der Waals surface area (Å²) in [6, 6.07) is 7.94. The van der Waals surface area contributed by atoms with Crippen molar-refractivity contribution in [1.29, 1.82) is 0 Å². The molecule has 17 heavy (non-hydrogen) atoms. The largest absolute Gasteiger partial charge is 0.370 e. The number of aromatic nitrogens is 1. The number of hydrogen-bond donors (Lipinski definition) is 2. The van der Waals surface area contributed by atoms with Crippen LogP contribution in [0.15, 0.2) is 41.7 Å². The zero-order valence-electron chi connectivity index (χ0n) is 9.85. The summed E-state index contributed by atoms with van der Waals surface area (Å²) in [6.45, 7) is 2.81. The van der Waals surface area contributed by atoms with Crippen LogP contribution in [0.1, 0.15) is 13.3 Å². The molecule has 0 saturated carbocycles. The third-order valence-corrected chi connectivity index (χ3v) is 2.45. The highest BCUT2D eigenvalue weighted by Gasteiger charge is 2.00. The predicted octanol–water partition coefficient (Wildman–Crippen LogP) is 2.37. The molecule has 0 atom stereocenters. The Morgan fingerprint density at radius 3 is 3.12 bits per heavy atom. The van der Waals surface area contributed by atoms with Crippen molar-refractivity contribution in [2.45, 2.75) is 13.3 Å². The van der Waals surface area contributed by atoms with Crippen LogP contribution in [-0.4, -0.2) is 17.5 Å². The van der Waals surface area contributed by atoms with Crippen molar-refractivity contribution in [3.8, 4) is 0 Å². The van der Waals surface area contributed by atoms with Gasteiger partial charge in [-0.05, 0) is 18.6 Å². The molecule has 4 heteroatoms. The van der Waals surface area contributed by atoms with E-state index < -0.39 is 0 Å². The highest BCUT2D eigenvalue weighted by atomic mass is 15.1. The first-order valence-corrected chi connectivity index (χ1v) is 5.71. The lowest BCUT2D eigenvalue weighted by molar-refractivity contribution is 0.929. The smallest absolute Gasteiger partial charge is 0.193 e. The minimum Gasteiger partial charge on any atom is -0.370 e. The molecular weight excluding hydrogens is 212 g/mol. The van der Waals surface area contributed by atoms with Gasteiger partial charge in [-0.3, -0.25) is 9.98 Å². The van der Waals surface area contributed by atoms with Crippen molar-refractivity contribution in [3.05, 3.63) is 36.7 Å². The van der Waals surface area contributed by atoms with Gasteiger partial charge in [-0.15, -0.1) is 0 Å². The molecule has 0 spiro atoms. The predicted molar refractivity (Wildman–Crippen MR) is 72.1 cm³/mol. The third-order valence-electron chi connectivity index (χ3n) is 2.45. The number of benzene rings is 1. The number of rotatable bonds is 3. The van der Waals surface area contributed by atoms with Crippen LogP contribution in [-0.2, 0) is 0 Å². The molecule has 0 aliphatic heterocycles. The lowest BCUT2D eigenvalue weighted by Gasteiger charge is -2.08. The number of fused-ring (bicyclic) bond motifs is 1. The van der Waals surface area contributed by atoms with E-state index in [2.05, 4.69) is 22.2 Å². The van der Waals surface area contributed by atoms with Gasteiger partial charge in [0.05, 0.1) is 0 Å². The molecule has 2 aromatic rings. The van der Waals surface area contributed by atoms with Gasteiger partial charge in [-0.25, -0.2) is 0 Å². The van der Waals surface area contributed by atoms with Crippen molar-refractivity contribution in [2.24, 2.45) is 10.7 Å². The molecule has 0 bridgehead atoms. The highest BCUT2D eigenvalue weighted by Crippen LogP contribution is 2.21. The number of guanidine groups is 1. The number of nitrogens with two attached hydrogens (primary N) is 1. The Hall–Kier alpha value is -2.10. The summed E-state index contributed by atoms with van der Waals surface area (Å²) < 4.78 is 0. The molecule has 1 aromatic carbocycles. The van der Waals surface area contributed by atoms with Gasteiger partial charge in [0.2, 0.25) is 0 Å². The number of nitrogens with one attached hydrogen (secondary N) is 1. The van der Waals surface area contributed by atoms with Gasteiger partial charge in [0.1, 0.15) is 0 Å². The average molecular weight is 228 g/mol. The Bertz CT molecular complexity index is 528. The van der Waals surface area contributed by atoms with Gasteiger partial charge in [0.15, 0.2) is 5.96 Å². The van der Waals surface area contributed by atoms with E-state index in [4.69, 9.17) is 5.73 Å². The van der Waals surface area contributed by atoms with E-state index in [1.54, 1.807) is 6.20 Å². The van der Waals surface area contributed by atoms with Gasteiger partial charge >= 0.3 is 0 Å². The molecule has 3 N–H and O–H groups in total. The topological polar surface area (TPSA) is 63.3 Å². The SMILES string of the molecule is CCCN=C(N)Nc1cccc2cnccc12. The van der Waals surface area contributed by atoms with Gasteiger partial charge in [0.25, 0.3) is 0 Å². The van der Waals surface area contributed by atoms with Crippen molar-refractivity contribution in [3.63, 3.8) is 0 Å². The fourth-order valence-electron chi connectivity index (χ4n) is 1.64. The normalized spacial score (nSPS) is 11.7. The molecule has 1 aromatic heterocycles. The summed E-state index contributed by atoms with van der Waals surface area (Å²) in [4.78, 5) is 8.31. The van der Waals surface area contributed by atoms with E-state index in [0.717, 1.165) is 29.4 Å². The molecule has 4 nitrogen and oxygen atoms in total. The minimum atomic E-state index is 0.455. The molecule has 88 valence electrons. The van der Waals surface area contributed by atoms with Crippen LogP contribution >= 0.6 is 0 Å². The maximum absolute atomic E-state index is 5.81. The Kier molecular flexibility index (Phi) is 3.55.